The summed E-state index contributed by atoms with van der Waals surface area (Å²) < 4.78 is 423. The topological polar surface area (TPSA) is 353 Å². The van der Waals surface area contributed by atoms with Crippen molar-refractivity contribution in [1.29, 1.82) is 0 Å². The van der Waals surface area contributed by atoms with E-state index in [2.05, 4.69) is 32.4 Å². The fourth-order valence-electron chi connectivity index (χ4n) is 9.43. The van der Waals surface area contributed by atoms with Gasteiger partial charge < -0.3 is 48.1 Å². The van der Waals surface area contributed by atoms with Crippen LogP contribution in [0.1, 0.15) is 77.8 Å². The molecule has 59 heteroatoms. The number of aliphatic hydroxyl groups excluding tert-OH is 1. The van der Waals surface area contributed by atoms with Crippen LogP contribution in [-0.4, -0.2) is 136 Å². The van der Waals surface area contributed by atoms with Crippen molar-refractivity contribution in [3.63, 3.8) is 0 Å². The Labute approximate surface area is 856 Å². The summed E-state index contributed by atoms with van der Waals surface area (Å²) in [6.07, 6.45) is -39.3. The second kappa shape index (κ2) is 69.5. The number of para-hydroxylation sites is 1. The van der Waals surface area contributed by atoms with Gasteiger partial charge in [0.25, 0.3) is 18.1 Å². The first kappa shape index (κ1) is 142. The lowest BCUT2D eigenvalue weighted by Gasteiger charge is -2.15. The molecule has 2 N–H and O–H groups in total. The number of benzene rings is 9. The van der Waals surface area contributed by atoms with E-state index in [0.717, 1.165) is 129 Å². The zero-order chi connectivity index (χ0) is 116. The number of thiol groups is 1. The van der Waals surface area contributed by atoms with E-state index in [1.54, 1.807) is 13.8 Å². The maximum absolute atomic E-state index is 13.2. The Morgan fingerprint density at radius 2 is 0.564 bits per heavy atom. The molecule has 0 aromatic heterocycles. The molecule has 0 unspecified atom stereocenters. The molecule has 0 spiro atoms. The van der Waals surface area contributed by atoms with E-state index in [1.165, 1.54) is 98.8 Å². The number of carbonyl (C=O) groups excluding carboxylic acids is 10. The highest BCUT2D eigenvalue weighted by Crippen LogP contribution is 2.45. The molecule has 0 heterocycles. The highest BCUT2D eigenvalue weighted by atomic mass is 35.7. The summed E-state index contributed by atoms with van der Waals surface area (Å²) in [7, 11) is 3.71. The predicted octanol–water partition coefficient (Wildman–Crippen LogP) is 25.7. The number of hydrogen-bond acceptors (Lipinski definition) is 27. The number of thioether (sulfide) groups is 2. The Bertz CT molecular complexity index is 5840. The highest BCUT2D eigenvalue weighted by molar-refractivity contribution is 8.14. The molecule has 24 nitrogen and oxygen atoms in total. The number of alkyl halides is 28. The minimum Gasteiger partial charge on any atom is -0.507 e. The average molecular weight is 2320 g/mol. The van der Waals surface area contributed by atoms with Crippen LogP contribution in [0.2, 0.25) is 0 Å². The Balaban J connectivity index is -0.000000817. The Morgan fingerprint density at radius 1 is 0.329 bits per heavy atom. The maximum atomic E-state index is 13.2. The summed E-state index contributed by atoms with van der Waals surface area (Å²) in [5.74, 6) is -0.565. The van der Waals surface area contributed by atoms with Gasteiger partial charge >= 0.3 is 86.3 Å². The SMILES string of the molecule is C=C(CCl)COc1ccc(C(F)(F)F)cc1.C=C(COc1ccc(C(F)(F)F)cc1)CSc1ccc(OC)c(C(F)(F)F)c1.C=C(COc1ccc(C(F)(F)F)cc1)CSc1ccc(OCC)c(C(F)(F)F)c1.CCOc1ccc(S(=O)(=O)Cl)cc1C(F)(F)F.CCOc1ccc(S(=O)(=O)Cl)cc1C(F)(F)F.CCOc1ccc(S)cc1C(F)(F)F.CO.O=C=O.O=C=O.O=C=O.O=C=O.O=C=O.Oc1ccccc1C(F)(F)F. The van der Waals surface area contributed by atoms with E-state index in [4.69, 9.17) is 129 Å². The van der Waals surface area contributed by atoms with E-state index in [1.807, 2.05) is 0 Å². The van der Waals surface area contributed by atoms with Crippen LogP contribution in [0.4, 0.5) is 119 Å². The summed E-state index contributed by atoms with van der Waals surface area (Å²) in [6.45, 7) is 18.1. The van der Waals surface area contributed by atoms with Gasteiger partial charge in [-0.2, -0.15) is 166 Å². The summed E-state index contributed by atoms with van der Waals surface area (Å²) in [5.41, 5.74) is -6.30. The number of hydrogen-bond donors (Lipinski definition) is 3. The Kier molecular flexibility index (Phi) is 66.4. The molecule has 0 radical (unpaired) electrons. The molecule has 9 aromatic carbocycles. The third-order valence-corrected chi connectivity index (χ3v) is 21.1. The molecule has 0 aliphatic heterocycles. The van der Waals surface area contributed by atoms with Crippen LogP contribution in [0, 0.1) is 0 Å². The Morgan fingerprint density at radius 3 is 0.799 bits per heavy atom. The average Bonchev–Trinajstić information content (AvgIpc) is 0.798. The maximum Gasteiger partial charge on any atom is 0.420 e. The zero-order valence-corrected chi connectivity index (χ0v) is 82.8. The van der Waals surface area contributed by atoms with E-state index in [0.29, 0.717) is 44.4 Å². The second-order valence-electron chi connectivity index (χ2n) is 25.9. The first-order valence-electron chi connectivity index (χ1n) is 39.0. The van der Waals surface area contributed by atoms with Gasteiger partial charge in [0.05, 0.1) is 93.4 Å². The normalized spacial score (nSPS) is 10.9. The summed E-state index contributed by atoms with van der Waals surface area (Å²) >= 11 is 11.6. The zero-order valence-electron chi connectivity index (χ0n) is 76.4. The molecular formula is C90H78Cl3F27O24S5. The van der Waals surface area contributed by atoms with Crippen LogP contribution in [-0.2, 0) is 122 Å². The molecule has 0 bridgehead atoms. The number of ether oxygens (including phenoxy) is 8. The van der Waals surface area contributed by atoms with Gasteiger partial charge in [-0.25, -0.2) is 16.8 Å². The number of halogens is 30. The number of rotatable bonds is 27. The molecule has 9 rings (SSSR count). The molecule has 149 heavy (non-hydrogen) atoms. The summed E-state index contributed by atoms with van der Waals surface area (Å²) in [5, 5.41) is 15.7. The van der Waals surface area contributed by atoms with Crippen LogP contribution in [0.3, 0.4) is 0 Å². The standard InChI is InChI=1S/C20H18F6O2S.C19H16F6O2S.C11H10ClF3O.2C9H8ClF3O3S.C9H9F3OS.C7H5F3O.5CO2.CH4O/c1-3-27-18-9-8-16(10-17(18)20(24,25)26)29-12-13(2)11-28-15-6-4-14(5-7-15)19(21,22)23;1-12(10-27-14-5-3-13(4-6-14)18(20,21)22)11-28-15-7-8-17(26-2)16(9-15)19(23,24)25;1-8(6-12)7-16-10-4-2-9(3-5-10)11(13,14)15;2*1-2-16-8-4-3-6(17(10,14)15)5-7(8)9(11,12)13;1-2-13-8-4-3-6(14)5-7(8)9(10,11)12;8-7(9,10)5-3-1-2-4-6(5)11;5*2-1-3;1-2/h4-10H,2-3,11-12H2,1H3;3-9H,1,10-11H2,2H3;2-5H,1,6-7H2;2*3-5H,2H2,1H3;3-5,14H,2H2,1H3;1-4,11H;;;;;;2H,1H3. The first-order chi connectivity index (χ1) is 68.8. The molecule has 0 amide bonds. The van der Waals surface area contributed by atoms with E-state index in [-0.39, 0.29) is 128 Å². The van der Waals surface area contributed by atoms with Gasteiger partial charge in [-0.3, -0.25) is 0 Å². The smallest absolute Gasteiger partial charge is 0.420 e. The van der Waals surface area contributed by atoms with Gasteiger partial charge in [0.15, 0.2) is 0 Å². The van der Waals surface area contributed by atoms with Crippen molar-refractivity contribution in [3.8, 4) is 51.7 Å². The van der Waals surface area contributed by atoms with Gasteiger partial charge in [0, 0.05) is 60.5 Å². The molecule has 822 valence electrons. The number of phenolic OH excluding ortho intramolecular Hbond substituents is 1. The number of aromatic hydroxyl groups is 1. The molecule has 0 aliphatic carbocycles. The summed E-state index contributed by atoms with van der Waals surface area (Å²) in [6, 6.07) is 33.2. The molecule has 9 aromatic rings. The number of methoxy groups -OCH3 is 1. The van der Waals surface area contributed by atoms with Crippen LogP contribution in [0.15, 0.2) is 249 Å². The van der Waals surface area contributed by atoms with Crippen molar-refractivity contribution in [2.24, 2.45) is 0 Å². The molecule has 0 saturated heterocycles. The quantitative estimate of drug-likeness (QED) is 0.0107. The minimum absolute atomic E-state index is 0.0284. The van der Waals surface area contributed by atoms with Gasteiger partial charge in [0.2, 0.25) is 0 Å². The van der Waals surface area contributed by atoms with Gasteiger partial charge in [0.1, 0.15) is 71.6 Å². The number of aliphatic hydroxyl groups is 1. The lowest BCUT2D eigenvalue weighted by atomic mass is 10.2. The van der Waals surface area contributed by atoms with E-state index >= 15 is 0 Å². The molecule has 0 atom stereocenters. The fraction of sp³-hybridized carbons (Fsp3) is 0.278. The van der Waals surface area contributed by atoms with Crippen molar-refractivity contribution in [1.82, 2.24) is 0 Å². The van der Waals surface area contributed by atoms with Crippen LogP contribution in [0.5, 0.6) is 51.7 Å². The van der Waals surface area contributed by atoms with E-state index < -0.39 is 151 Å². The fourth-order valence-corrected chi connectivity index (χ4v) is 12.9. The van der Waals surface area contributed by atoms with Crippen molar-refractivity contribution >= 4 is 118 Å². The summed E-state index contributed by atoms with van der Waals surface area (Å²) in [4.78, 5) is 81.0. The van der Waals surface area contributed by atoms with Crippen molar-refractivity contribution < 1.29 is 231 Å². The second-order valence-corrected chi connectivity index (χ2v) is 34.0. The van der Waals surface area contributed by atoms with Gasteiger partial charge in [-0.15, -0.1) is 47.8 Å². The van der Waals surface area contributed by atoms with Crippen LogP contribution in [0.25, 0.3) is 0 Å². The first-order valence-corrected chi connectivity index (χ1v) is 46.6. The van der Waals surface area contributed by atoms with Crippen molar-refractivity contribution in [2.75, 3.05) is 77.9 Å². The Hall–Kier alpha value is -12.8. The van der Waals surface area contributed by atoms with Crippen molar-refractivity contribution in [3.05, 3.63) is 275 Å². The van der Waals surface area contributed by atoms with Crippen molar-refractivity contribution in [2.45, 2.75) is 108 Å². The van der Waals surface area contributed by atoms with Gasteiger partial charge in [-0.1, -0.05) is 31.9 Å². The molecule has 0 aliphatic rings. The van der Waals surface area contributed by atoms with E-state index in [9.17, 15) is 135 Å². The van der Waals surface area contributed by atoms with Crippen LogP contribution >= 0.6 is 69.1 Å². The third kappa shape index (κ3) is 59.8. The highest BCUT2D eigenvalue weighted by Gasteiger charge is 2.41. The number of phenols is 1. The lowest BCUT2D eigenvalue weighted by molar-refractivity contribution is -0.193. The van der Waals surface area contributed by atoms with Gasteiger partial charge in [-0.05, 0) is 220 Å². The largest absolute Gasteiger partial charge is 0.507 e. The monoisotopic (exact) mass is 2320 g/mol. The predicted molar refractivity (Wildman–Crippen MR) is 478 cm³/mol. The lowest BCUT2D eigenvalue weighted by Crippen LogP contribution is -2.09. The third-order valence-electron chi connectivity index (χ3n) is 15.4. The minimum atomic E-state index is -4.71. The molecule has 0 saturated carbocycles. The molecule has 0 fully saturated rings. The molecular weight excluding hydrogens is 2240 g/mol. The van der Waals surface area contributed by atoms with Crippen LogP contribution < -0.4 is 37.9 Å².